The minimum absolute atomic E-state index is 0.234. The van der Waals surface area contributed by atoms with E-state index in [-0.39, 0.29) is 6.42 Å². The van der Waals surface area contributed by atoms with Crippen LogP contribution in [0.4, 0.5) is 0 Å². The van der Waals surface area contributed by atoms with Crippen LogP contribution in [0.3, 0.4) is 0 Å². The van der Waals surface area contributed by atoms with Crippen LogP contribution in [0.5, 0.6) is 0 Å². The van der Waals surface area contributed by atoms with E-state index >= 15 is 0 Å². The second-order valence-corrected chi connectivity index (χ2v) is 5.31. The van der Waals surface area contributed by atoms with E-state index in [1.54, 1.807) is 0 Å². The zero-order valence-electron chi connectivity index (χ0n) is 13.6. The lowest BCUT2D eigenvalue weighted by molar-refractivity contribution is -0.157. The molecule has 8 heteroatoms. The Labute approximate surface area is 139 Å². The first-order valence-electron chi connectivity index (χ1n) is 7.38. The molecule has 4 atom stereocenters. The molecule has 1 unspecified atom stereocenters. The third-order valence-corrected chi connectivity index (χ3v) is 3.08. The number of esters is 3. The highest BCUT2D eigenvalue weighted by Crippen LogP contribution is 2.07. The summed E-state index contributed by atoms with van der Waals surface area (Å²) in [6, 6.07) is 0. The van der Waals surface area contributed by atoms with Gasteiger partial charge in [-0.15, -0.1) is 0 Å². The molecule has 0 aromatic rings. The van der Waals surface area contributed by atoms with Gasteiger partial charge in [-0.1, -0.05) is 0 Å². The van der Waals surface area contributed by atoms with Crippen molar-refractivity contribution in [3.63, 3.8) is 0 Å². The SMILES string of the molecule is CC1CC(=O)O[C@@H](C)C(=O)/C=C/C(=O)O[C@@H](C)[C@H](O)/C=C/C(=O)O1. The number of rotatable bonds is 0. The Bertz CT molecular complexity index is 562. The van der Waals surface area contributed by atoms with E-state index in [1.807, 2.05) is 0 Å². The van der Waals surface area contributed by atoms with Crippen molar-refractivity contribution in [1.29, 1.82) is 0 Å². The van der Waals surface area contributed by atoms with Gasteiger partial charge in [-0.3, -0.25) is 9.59 Å². The summed E-state index contributed by atoms with van der Waals surface area (Å²) in [5, 5.41) is 9.79. The molecule has 0 aliphatic carbocycles. The van der Waals surface area contributed by atoms with Gasteiger partial charge in [0.05, 0.1) is 6.42 Å². The Hall–Kier alpha value is -2.48. The van der Waals surface area contributed by atoms with Crippen LogP contribution in [0, 0.1) is 0 Å². The van der Waals surface area contributed by atoms with Crippen molar-refractivity contribution in [2.75, 3.05) is 0 Å². The monoisotopic (exact) mass is 340 g/mol. The van der Waals surface area contributed by atoms with E-state index in [1.165, 1.54) is 20.8 Å². The van der Waals surface area contributed by atoms with Gasteiger partial charge in [-0.2, -0.15) is 0 Å². The Balaban J connectivity index is 2.93. The first-order valence-corrected chi connectivity index (χ1v) is 7.38. The minimum atomic E-state index is -1.24. The second-order valence-electron chi connectivity index (χ2n) is 5.31. The summed E-state index contributed by atoms with van der Waals surface area (Å²) in [5.41, 5.74) is 0. The van der Waals surface area contributed by atoms with Crippen LogP contribution in [0.2, 0.25) is 0 Å². The lowest BCUT2D eigenvalue weighted by Crippen LogP contribution is -2.28. The van der Waals surface area contributed by atoms with E-state index in [9.17, 15) is 24.3 Å². The van der Waals surface area contributed by atoms with Gasteiger partial charge in [0.2, 0.25) is 0 Å². The molecular formula is C16H20O8. The van der Waals surface area contributed by atoms with Crippen molar-refractivity contribution in [3.05, 3.63) is 24.3 Å². The molecule has 0 aromatic carbocycles. The fraction of sp³-hybridized carbons (Fsp3) is 0.500. The second kappa shape index (κ2) is 8.97. The highest BCUT2D eigenvalue weighted by Gasteiger charge is 2.21. The predicted octanol–water partition coefficient (Wildman–Crippen LogP) is 0.228. The van der Waals surface area contributed by atoms with Gasteiger partial charge >= 0.3 is 17.9 Å². The number of ether oxygens (including phenoxy) is 3. The maximum Gasteiger partial charge on any atom is 0.331 e. The molecule has 1 aliphatic rings. The van der Waals surface area contributed by atoms with Gasteiger partial charge < -0.3 is 19.3 Å². The quantitative estimate of drug-likeness (QED) is 0.492. The van der Waals surface area contributed by atoms with Gasteiger partial charge in [0.15, 0.2) is 11.9 Å². The summed E-state index contributed by atoms with van der Waals surface area (Å²) in [6.07, 6.45) is -0.388. The van der Waals surface area contributed by atoms with Crippen molar-refractivity contribution in [3.8, 4) is 0 Å². The molecule has 0 radical (unpaired) electrons. The largest absolute Gasteiger partial charge is 0.459 e. The molecule has 1 rings (SSSR count). The van der Waals surface area contributed by atoms with Gasteiger partial charge in [0.25, 0.3) is 0 Å². The molecule has 1 N–H and O–H groups in total. The molecule has 1 aliphatic heterocycles. The van der Waals surface area contributed by atoms with Crippen LogP contribution in [-0.4, -0.2) is 53.2 Å². The molecule has 0 fully saturated rings. The van der Waals surface area contributed by atoms with Crippen molar-refractivity contribution in [1.82, 2.24) is 0 Å². The maximum atomic E-state index is 11.8. The molecule has 132 valence electrons. The summed E-state index contributed by atoms with van der Waals surface area (Å²) in [7, 11) is 0. The predicted molar refractivity (Wildman–Crippen MR) is 80.6 cm³/mol. The number of aliphatic hydroxyl groups is 1. The first-order chi connectivity index (χ1) is 11.2. The smallest absolute Gasteiger partial charge is 0.331 e. The number of hydrogen-bond donors (Lipinski definition) is 1. The Morgan fingerprint density at radius 2 is 1.54 bits per heavy atom. The fourth-order valence-corrected chi connectivity index (χ4v) is 1.73. The van der Waals surface area contributed by atoms with E-state index in [2.05, 4.69) is 0 Å². The lowest BCUT2D eigenvalue weighted by atomic mass is 10.2. The molecule has 8 nitrogen and oxygen atoms in total. The van der Waals surface area contributed by atoms with Gasteiger partial charge in [-0.05, 0) is 32.9 Å². The molecule has 24 heavy (non-hydrogen) atoms. The van der Waals surface area contributed by atoms with E-state index in [4.69, 9.17) is 14.2 Å². The number of carbonyl (C=O) groups excluding carboxylic acids is 4. The fourth-order valence-electron chi connectivity index (χ4n) is 1.73. The van der Waals surface area contributed by atoms with Crippen LogP contribution >= 0.6 is 0 Å². The van der Waals surface area contributed by atoms with Crippen LogP contribution in [0.25, 0.3) is 0 Å². The van der Waals surface area contributed by atoms with Gasteiger partial charge in [0.1, 0.15) is 18.3 Å². The topological polar surface area (TPSA) is 116 Å². The normalized spacial score (nSPS) is 33.2. The van der Waals surface area contributed by atoms with Crippen LogP contribution in [-0.2, 0) is 33.4 Å². The number of ketones is 1. The molecule has 0 aromatic heterocycles. The summed E-state index contributed by atoms with van der Waals surface area (Å²) < 4.78 is 14.7. The minimum Gasteiger partial charge on any atom is -0.459 e. The molecule has 0 saturated heterocycles. The van der Waals surface area contributed by atoms with Crippen molar-refractivity contribution >= 4 is 23.7 Å². The third kappa shape index (κ3) is 6.74. The highest BCUT2D eigenvalue weighted by molar-refractivity contribution is 5.99. The number of hydrogen-bond acceptors (Lipinski definition) is 8. The summed E-state index contributed by atoms with van der Waals surface area (Å²) in [6.45, 7) is 4.26. The van der Waals surface area contributed by atoms with Crippen LogP contribution < -0.4 is 0 Å². The highest BCUT2D eigenvalue weighted by atomic mass is 16.6. The first kappa shape index (κ1) is 19.6. The zero-order chi connectivity index (χ0) is 18.3. The standard InChI is InChI=1S/C16H20O8/c1-9-8-16(21)24-11(3)13(18)5-7-15(20)23-10(2)12(17)4-6-14(19)22-9/h4-7,9-12,17H,8H2,1-3H3/b6-4+,7-5+/t9?,10-,11-,12+/m0/s1. The molecule has 0 spiro atoms. The van der Waals surface area contributed by atoms with E-state index < -0.39 is 48.1 Å². The summed E-state index contributed by atoms with van der Waals surface area (Å²) in [5.74, 6) is -2.96. The number of carbonyl (C=O) groups is 4. The van der Waals surface area contributed by atoms with Crippen LogP contribution in [0.1, 0.15) is 27.2 Å². The third-order valence-electron chi connectivity index (χ3n) is 3.08. The van der Waals surface area contributed by atoms with Gasteiger partial charge in [0, 0.05) is 12.2 Å². The zero-order valence-corrected chi connectivity index (χ0v) is 13.6. The van der Waals surface area contributed by atoms with Crippen molar-refractivity contribution < 1.29 is 38.5 Å². The van der Waals surface area contributed by atoms with E-state index in [0.717, 1.165) is 24.3 Å². The van der Waals surface area contributed by atoms with E-state index in [0.29, 0.717) is 0 Å². The van der Waals surface area contributed by atoms with Crippen LogP contribution in [0.15, 0.2) is 24.3 Å². The molecule has 0 bridgehead atoms. The number of aliphatic hydroxyl groups excluding tert-OH is 1. The molecule has 1 heterocycles. The van der Waals surface area contributed by atoms with Crippen molar-refractivity contribution in [2.45, 2.75) is 51.6 Å². The Kier molecular flexibility index (Phi) is 7.31. The molecule has 0 saturated carbocycles. The average molecular weight is 340 g/mol. The Morgan fingerprint density at radius 3 is 2.21 bits per heavy atom. The van der Waals surface area contributed by atoms with Crippen molar-refractivity contribution in [2.24, 2.45) is 0 Å². The lowest BCUT2D eigenvalue weighted by Gasteiger charge is -2.17. The summed E-state index contributed by atoms with van der Waals surface area (Å²) in [4.78, 5) is 46.6. The average Bonchev–Trinajstić information content (AvgIpc) is 2.48. The molecule has 0 amide bonds. The summed E-state index contributed by atoms with van der Waals surface area (Å²) >= 11 is 0. The molecular weight excluding hydrogens is 320 g/mol. The number of cyclic esters (lactones) is 3. The maximum absolute atomic E-state index is 11.8. The van der Waals surface area contributed by atoms with Gasteiger partial charge in [-0.25, -0.2) is 9.59 Å². The Morgan fingerprint density at radius 1 is 0.917 bits per heavy atom.